The highest BCUT2D eigenvalue weighted by atomic mass is 16.4. The number of aromatic nitrogens is 1. The van der Waals surface area contributed by atoms with Crippen LogP contribution in [0.25, 0.3) is 0 Å². The van der Waals surface area contributed by atoms with Crippen LogP contribution in [0.5, 0.6) is 0 Å². The Bertz CT molecular complexity index is 1070. The first-order valence-electron chi connectivity index (χ1n) is 10.4. The first kappa shape index (κ1) is 20.6. The van der Waals surface area contributed by atoms with Gasteiger partial charge in [-0.3, -0.25) is 9.59 Å². The Labute approximate surface area is 181 Å². The van der Waals surface area contributed by atoms with Gasteiger partial charge in [-0.15, -0.1) is 0 Å². The number of amides is 1. The van der Waals surface area contributed by atoms with E-state index >= 15 is 0 Å². The van der Waals surface area contributed by atoms with Gasteiger partial charge in [0.05, 0.1) is 6.42 Å². The number of carbonyl (C=O) groups excluding carboxylic acids is 1. The number of aliphatic carboxylic acids is 1. The summed E-state index contributed by atoms with van der Waals surface area (Å²) >= 11 is 0. The zero-order valence-corrected chi connectivity index (χ0v) is 17.2. The van der Waals surface area contributed by atoms with E-state index in [9.17, 15) is 14.7 Å². The minimum atomic E-state index is -0.810. The van der Waals surface area contributed by atoms with E-state index in [1.165, 1.54) is 0 Å². The van der Waals surface area contributed by atoms with E-state index in [-0.39, 0.29) is 18.2 Å². The summed E-state index contributed by atoms with van der Waals surface area (Å²) in [6, 6.07) is 13.6. The summed E-state index contributed by atoms with van der Waals surface area (Å²) in [5.74, 6) is -0.293. The van der Waals surface area contributed by atoms with Crippen molar-refractivity contribution < 1.29 is 14.7 Å². The molecule has 0 saturated heterocycles. The highest BCUT2D eigenvalue weighted by Crippen LogP contribution is 2.37. The molecule has 0 radical (unpaired) electrons. The maximum Gasteiger partial charge on any atom is 0.304 e. The van der Waals surface area contributed by atoms with Gasteiger partial charge < -0.3 is 15.7 Å². The van der Waals surface area contributed by atoms with Gasteiger partial charge in [0.2, 0.25) is 0 Å². The molecule has 1 aromatic carbocycles. The third kappa shape index (κ3) is 5.09. The van der Waals surface area contributed by atoms with Crippen molar-refractivity contribution in [1.29, 1.82) is 0 Å². The number of fused-ring (bicyclic) bond motifs is 2. The molecule has 1 unspecified atom stereocenters. The van der Waals surface area contributed by atoms with Crippen molar-refractivity contribution in [2.75, 3.05) is 18.4 Å². The summed E-state index contributed by atoms with van der Waals surface area (Å²) in [5.41, 5.74) is 5.02. The molecule has 0 spiro atoms. The van der Waals surface area contributed by atoms with Crippen LogP contribution in [0.3, 0.4) is 0 Å². The lowest BCUT2D eigenvalue weighted by Gasteiger charge is -2.17. The number of carboxylic acids is 1. The topological polar surface area (TPSA) is 91.3 Å². The Morgan fingerprint density at radius 3 is 2.71 bits per heavy atom. The molecule has 0 bridgehead atoms. The zero-order valence-electron chi connectivity index (χ0n) is 17.2. The van der Waals surface area contributed by atoms with Crippen molar-refractivity contribution in [3.05, 3.63) is 94.7 Å². The molecule has 1 amide bonds. The monoisotopic (exact) mass is 415 g/mol. The van der Waals surface area contributed by atoms with E-state index in [4.69, 9.17) is 0 Å². The number of carbonyl (C=O) groups is 2. The van der Waals surface area contributed by atoms with Crippen LogP contribution in [0.1, 0.15) is 29.9 Å². The van der Waals surface area contributed by atoms with Gasteiger partial charge in [-0.25, -0.2) is 4.98 Å². The predicted molar refractivity (Wildman–Crippen MR) is 120 cm³/mol. The fraction of sp³-hybridized carbons (Fsp3) is 0.240. The van der Waals surface area contributed by atoms with Crippen LogP contribution in [0.2, 0.25) is 0 Å². The second-order valence-electron chi connectivity index (χ2n) is 7.70. The van der Waals surface area contributed by atoms with E-state index < -0.39 is 5.97 Å². The van der Waals surface area contributed by atoms with Gasteiger partial charge in [0.25, 0.3) is 5.91 Å². The maximum absolute atomic E-state index is 12.7. The zero-order chi connectivity index (χ0) is 21.6. The van der Waals surface area contributed by atoms with E-state index in [0.717, 1.165) is 28.1 Å². The van der Waals surface area contributed by atoms with E-state index in [2.05, 4.69) is 21.7 Å². The Kier molecular flexibility index (Phi) is 6.26. The number of hydrogen-bond acceptors (Lipinski definition) is 4. The smallest absolute Gasteiger partial charge is 0.304 e. The van der Waals surface area contributed by atoms with Gasteiger partial charge in [0, 0.05) is 30.8 Å². The third-order valence-corrected chi connectivity index (χ3v) is 5.56. The number of pyridine rings is 1. The van der Waals surface area contributed by atoms with Gasteiger partial charge in [0.1, 0.15) is 5.82 Å². The van der Waals surface area contributed by atoms with Gasteiger partial charge >= 0.3 is 5.97 Å². The van der Waals surface area contributed by atoms with Crippen LogP contribution < -0.4 is 10.6 Å². The quantitative estimate of drug-likeness (QED) is 0.601. The van der Waals surface area contributed by atoms with Crippen LogP contribution in [-0.4, -0.2) is 35.1 Å². The second kappa shape index (κ2) is 9.43. The highest BCUT2D eigenvalue weighted by Gasteiger charge is 2.25. The van der Waals surface area contributed by atoms with Crippen molar-refractivity contribution in [3.8, 4) is 0 Å². The van der Waals surface area contributed by atoms with E-state index in [1.807, 2.05) is 54.6 Å². The number of anilines is 1. The minimum Gasteiger partial charge on any atom is -0.481 e. The first-order chi connectivity index (χ1) is 15.1. The summed E-state index contributed by atoms with van der Waals surface area (Å²) < 4.78 is 0. The molecule has 1 heterocycles. The number of hydrogen-bond donors (Lipinski definition) is 3. The molecule has 0 fully saturated rings. The number of carboxylic acid groups (broad SMARTS) is 1. The van der Waals surface area contributed by atoms with Gasteiger partial charge in [0.15, 0.2) is 0 Å². The Hall–Kier alpha value is -3.67. The summed E-state index contributed by atoms with van der Waals surface area (Å²) in [6.45, 7) is 1.07. The molecule has 3 N–H and O–H groups in total. The normalized spacial score (nSPS) is 17.2. The SMILES string of the molecule is O=C(O)CC1C=C2CC=C(C(=O)NCCNc3ccccn3)C=C2Cc2ccccc21. The van der Waals surface area contributed by atoms with Crippen molar-refractivity contribution in [2.45, 2.75) is 25.2 Å². The predicted octanol–water partition coefficient (Wildman–Crippen LogP) is 3.61. The molecular weight excluding hydrogens is 390 g/mol. The van der Waals surface area contributed by atoms with Crippen LogP contribution in [0.15, 0.2) is 83.6 Å². The number of nitrogens with one attached hydrogen (secondary N) is 2. The molecule has 6 nitrogen and oxygen atoms in total. The Balaban J connectivity index is 1.43. The lowest BCUT2D eigenvalue weighted by molar-refractivity contribution is -0.137. The Morgan fingerprint density at radius 1 is 1.06 bits per heavy atom. The molecule has 1 aromatic heterocycles. The summed E-state index contributed by atoms with van der Waals surface area (Å²) in [5, 5.41) is 15.5. The van der Waals surface area contributed by atoms with Crippen molar-refractivity contribution in [3.63, 3.8) is 0 Å². The van der Waals surface area contributed by atoms with E-state index in [0.29, 0.717) is 31.5 Å². The molecule has 31 heavy (non-hydrogen) atoms. The lowest BCUT2D eigenvalue weighted by atomic mass is 9.90. The third-order valence-electron chi connectivity index (χ3n) is 5.56. The van der Waals surface area contributed by atoms with Crippen molar-refractivity contribution in [2.24, 2.45) is 0 Å². The first-order valence-corrected chi connectivity index (χ1v) is 10.4. The van der Waals surface area contributed by atoms with Gasteiger partial charge in [-0.05, 0) is 53.3 Å². The van der Waals surface area contributed by atoms with Crippen LogP contribution in [0, 0.1) is 0 Å². The molecule has 1 atom stereocenters. The van der Waals surface area contributed by atoms with Crippen molar-refractivity contribution in [1.82, 2.24) is 10.3 Å². The van der Waals surface area contributed by atoms with Crippen LogP contribution in [-0.2, 0) is 16.0 Å². The van der Waals surface area contributed by atoms with Gasteiger partial charge in [-0.1, -0.05) is 42.5 Å². The van der Waals surface area contributed by atoms with Crippen molar-refractivity contribution >= 4 is 17.7 Å². The summed E-state index contributed by atoms with van der Waals surface area (Å²) in [4.78, 5) is 28.2. The molecule has 0 saturated carbocycles. The minimum absolute atomic E-state index is 0.0636. The standard InChI is InChI=1S/C25H25N3O3/c29-24(30)16-21-13-17-8-9-19(15-20(17)14-18-5-1-2-6-22(18)21)25(31)28-12-11-27-23-7-3-4-10-26-23/h1-7,9-10,13,15,21H,8,11-12,14,16H2,(H,26,27)(H,28,31)(H,29,30). The molecule has 0 aliphatic heterocycles. The number of rotatable bonds is 7. The summed E-state index contributed by atoms with van der Waals surface area (Å²) in [6.07, 6.45) is 9.04. The fourth-order valence-corrected chi connectivity index (χ4v) is 4.08. The maximum atomic E-state index is 12.7. The molecule has 4 rings (SSSR count). The van der Waals surface area contributed by atoms with Gasteiger partial charge in [-0.2, -0.15) is 0 Å². The average molecular weight is 415 g/mol. The summed E-state index contributed by atoms with van der Waals surface area (Å²) in [7, 11) is 0. The van der Waals surface area contributed by atoms with E-state index in [1.54, 1.807) is 6.20 Å². The molecule has 2 aliphatic rings. The molecule has 158 valence electrons. The van der Waals surface area contributed by atoms with Crippen LogP contribution >= 0.6 is 0 Å². The molecule has 6 heteroatoms. The van der Waals surface area contributed by atoms with Crippen LogP contribution in [0.4, 0.5) is 5.82 Å². The molecule has 2 aromatic rings. The number of benzene rings is 1. The molecular formula is C25H25N3O3. The average Bonchev–Trinajstić information content (AvgIpc) is 2.93. The highest BCUT2D eigenvalue weighted by molar-refractivity contribution is 5.97. The number of nitrogens with zero attached hydrogens (tertiary/aromatic N) is 1. The number of allylic oxidation sites excluding steroid dienone is 4. The Morgan fingerprint density at radius 2 is 1.90 bits per heavy atom. The lowest BCUT2D eigenvalue weighted by Crippen LogP contribution is -2.30. The fourth-order valence-electron chi connectivity index (χ4n) is 4.08. The molecule has 2 aliphatic carbocycles. The largest absolute Gasteiger partial charge is 0.481 e. The second-order valence-corrected chi connectivity index (χ2v) is 7.70.